The van der Waals surface area contributed by atoms with E-state index in [-0.39, 0.29) is 19.2 Å². The van der Waals surface area contributed by atoms with Crippen molar-refractivity contribution in [2.24, 2.45) is 5.92 Å². The highest BCUT2D eigenvalue weighted by Crippen LogP contribution is 2.38. The molecule has 0 spiro atoms. The van der Waals surface area contributed by atoms with Gasteiger partial charge in [-0.2, -0.15) is 0 Å². The topological polar surface area (TPSA) is 55.8 Å². The number of carbonyl (C=O) groups is 1. The van der Waals surface area contributed by atoms with Crippen molar-refractivity contribution in [1.29, 1.82) is 0 Å². The van der Waals surface area contributed by atoms with E-state index in [1.54, 1.807) is 6.92 Å². The Labute approximate surface area is 208 Å². The first-order valence-corrected chi connectivity index (χ1v) is 12.7. The summed E-state index contributed by atoms with van der Waals surface area (Å²) in [5.41, 5.74) is 5.34. The van der Waals surface area contributed by atoms with Crippen molar-refractivity contribution in [2.45, 2.75) is 51.9 Å². The largest absolute Gasteiger partial charge is 0.491 e. The normalized spacial score (nSPS) is 17.8. The van der Waals surface area contributed by atoms with Crippen molar-refractivity contribution in [3.05, 3.63) is 77.9 Å². The molecule has 1 aliphatic rings. The van der Waals surface area contributed by atoms with Gasteiger partial charge in [-0.15, -0.1) is 0 Å². The van der Waals surface area contributed by atoms with Gasteiger partial charge in [0.1, 0.15) is 12.4 Å². The molecule has 0 aromatic heterocycles. The van der Waals surface area contributed by atoms with E-state index < -0.39 is 0 Å². The number of aliphatic hydroxyl groups excluding tert-OH is 1. The van der Waals surface area contributed by atoms with Crippen molar-refractivity contribution < 1.29 is 19.4 Å². The van der Waals surface area contributed by atoms with Crippen LogP contribution in [0.25, 0.3) is 21.9 Å². The molecular weight excluding hydrogens is 436 g/mol. The summed E-state index contributed by atoms with van der Waals surface area (Å²) in [6.45, 7) is 8.33. The third kappa shape index (κ3) is 6.32. The van der Waals surface area contributed by atoms with Crippen LogP contribution in [0, 0.1) is 5.92 Å². The molecule has 1 saturated carbocycles. The number of ether oxygens (including phenoxy) is 2. The zero-order valence-corrected chi connectivity index (χ0v) is 20.9. The predicted octanol–water partition coefficient (Wildman–Crippen LogP) is 6.83. The summed E-state index contributed by atoms with van der Waals surface area (Å²) in [7, 11) is 0. The minimum absolute atomic E-state index is 0.00267. The van der Waals surface area contributed by atoms with Crippen molar-refractivity contribution in [2.75, 3.05) is 19.8 Å². The van der Waals surface area contributed by atoms with Gasteiger partial charge in [0.15, 0.2) is 0 Å². The number of esters is 1. The van der Waals surface area contributed by atoms with Crippen LogP contribution in [0.4, 0.5) is 0 Å². The highest BCUT2D eigenvalue weighted by Gasteiger charge is 2.21. The highest BCUT2D eigenvalue weighted by molar-refractivity contribution is 5.89. The van der Waals surface area contributed by atoms with E-state index >= 15 is 0 Å². The summed E-state index contributed by atoms with van der Waals surface area (Å²) in [6.07, 6.45) is 5.71. The van der Waals surface area contributed by atoms with E-state index in [4.69, 9.17) is 14.6 Å². The van der Waals surface area contributed by atoms with Gasteiger partial charge in [0.05, 0.1) is 13.2 Å². The SMILES string of the molecule is C=C(C)C(=O)OCCc1cc(C2CCC(C)CC2)ccc1-c1ccc2cc(OCCO)ccc2c1. The zero-order valence-electron chi connectivity index (χ0n) is 20.9. The predicted molar refractivity (Wildman–Crippen MR) is 142 cm³/mol. The van der Waals surface area contributed by atoms with E-state index in [0.29, 0.717) is 24.5 Å². The molecule has 1 aliphatic carbocycles. The summed E-state index contributed by atoms with van der Waals surface area (Å²) in [5, 5.41) is 11.2. The van der Waals surface area contributed by atoms with Gasteiger partial charge in [-0.25, -0.2) is 4.79 Å². The number of rotatable bonds is 9. The van der Waals surface area contributed by atoms with Crippen molar-refractivity contribution in [3.63, 3.8) is 0 Å². The molecule has 0 atom stereocenters. The van der Waals surface area contributed by atoms with Crippen LogP contribution in [-0.2, 0) is 16.0 Å². The van der Waals surface area contributed by atoms with Crippen LogP contribution in [0.3, 0.4) is 0 Å². The van der Waals surface area contributed by atoms with Crippen molar-refractivity contribution in [1.82, 2.24) is 0 Å². The molecule has 0 aliphatic heterocycles. The van der Waals surface area contributed by atoms with Crippen LogP contribution < -0.4 is 4.74 Å². The molecule has 4 nitrogen and oxygen atoms in total. The molecule has 0 heterocycles. The number of aliphatic hydroxyl groups is 1. The first-order valence-electron chi connectivity index (χ1n) is 12.7. The molecule has 0 unspecified atom stereocenters. The Morgan fingerprint density at radius 1 is 0.971 bits per heavy atom. The molecule has 1 N–H and O–H groups in total. The Balaban J connectivity index is 1.63. The lowest BCUT2D eigenvalue weighted by Crippen LogP contribution is -2.12. The monoisotopic (exact) mass is 472 g/mol. The third-order valence-electron chi connectivity index (χ3n) is 7.05. The van der Waals surface area contributed by atoms with Crippen LogP contribution in [0.2, 0.25) is 0 Å². The molecule has 0 bridgehead atoms. The summed E-state index contributed by atoms with van der Waals surface area (Å²) >= 11 is 0. The molecule has 0 saturated heterocycles. The minimum atomic E-state index is -0.339. The molecular formula is C31H36O4. The fraction of sp³-hybridized carbons (Fsp3) is 0.387. The van der Waals surface area contributed by atoms with Crippen LogP contribution in [0.15, 0.2) is 66.7 Å². The highest BCUT2D eigenvalue weighted by atomic mass is 16.5. The zero-order chi connectivity index (χ0) is 24.8. The molecule has 3 aromatic carbocycles. The fourth-order valence-corrected chi connectivity index (χ4v) is 4.97. The Kier molecular flexibility index (Phi) is 8.25. The lowest BCUT2D eigenvalue weighted by atomic mass is 9.78. The Morgan fingerprint density at radius 3 is 2.46 bits per heavy atom. The molecule has 184 valence electrons. The molecule has 4 heteroatoms. The van der Waals surface area contributed by atoms with Gasteiger partial charge < -0.3 is 14.6 Å². The van der Waals surface area contributed by atoms with Gasteiger partial charge in [0.25, 0.3) is 0 Å². The van der Waals surface area contributed by atoms with E-state index in [0.717, 1.165) is 28.0 Å². The maximum atomic E-state index is 11.9. The second-order valence-corrected chi connectivity index (χ2v) is 9.84. The number of benzene rings is 3. The van der Waals surface area contributed by atoms with E-state index in [1.165, 1.54) is 42.4 Å². The Bertz CT molecular complexity index is 1190. The molecule has 35 heavy (non-hydrogen) atoms. The van der Waals surface area contributed by atoms with E-state index in [9.17, 15) is 4.79 Å². The maximum absolute atomic E-state index is 11.9. The minimum Gasteiger partial charge on any atom is -0.491 e. The third-order valence-corrected chi connectivity index (χ3v) is 7.05. The molecule has 0 amide bonds. The van der Waals surface area contributed by atoms with Gasteiger partial charge in [-0.05, 0) is 82.8 Å². The van der Waals surface area contributed by atoms with Crippen LogP contribution in [0.5, 0.6) is 5.75 Å². The van der Waals surface area contributed by atoms with E-state index in [2.05, 4.69) is 56.0 Å². The summed E-state index contributed by atoms with van der Waals surface area (Å²) in [5.74, 6) is 1.84. The van der Waals surface area contributed by atoms with Gasteiger partial charge in [-0.1, -0.05) is 62.7 Å². The second kappa shape index (κ2) is 11.5. The van der Waals surface area contributed by atoms with Gasteiger partial charge in [0.2, 0.25) is 0 Å². The lowest BCUT2D eigenvalue weighted by Gasteiger charge is -2.27. The number of carbonyl (C=O) groups excluding carboxylic acids is 1. The standard InChI is InChI=1S/C31H36O4/c1-21(2)31(33)35-16-14-28-18-24(23-6-4-22(3)5-7-23)11-13-30(28)27-9-8-26-20-29(34-17-15-32)12-10-25(26)19-27/h8-13,18-20,22-23,32H,1,4-7,14-17H2,2-3H3. The first kappa shape index (κ1) is 25.0. The summed E-state index contributed by atoms with van der Waals surface area (Å²) in [6, 6.07) is 19.3. The Hall–Kier alpha value is -3.11. The fourth-order valence-electron chi connectivity index (χ4n) is 4.97. The average Bonchev–Trinajstić information content (AvgIpc) is 2.87. The van der Waals surface area contributed by atoms with Gasteiger partial charge in [-0.3, -0.25) is 0 Å². The molecule has 1 fully saturated rings. The Morgan fingerprint density at radius 2 is 1.71 bits per heavy atom. The second-order valence-electron chi connectivity index (χ2n) is 9.84. The lowest BCUT2D eigenvalue weighted by molar-refractivity contribution is -0.138. The van der Waals surface area contributed by atoms with Crippen LogP contribution in [0.1, 0.15) is 56.6 Å². The maximum Gasteiger partial charge on any atom is 0.333 e. The quantitative estimate of drug-likeness (QED) is 0.274. The van der Waals surface area contributed by atoms with Gasteiger partial charge in [0, 0.05) is 12.0 Å². The average molecular weight is 473 g/mol. The van der Waals surface area contributed by atoms with Crippen LogP contribution in [-0.4, -0.2) is 30.9 Å². The molecule has 3 aromatic rings. The van der Waals surface area contributed by atoms with E-state index in [1.807, 2.05) is 12.1 Å². The van der Waals surface area contributed by atoms with Crippen molar-refractivity contribution in [3.8, 4) is 16.9 Å². The smallest absolute Gasteiger partial charge is 0.333 e. The van der Waals surface area contributed by atoms with Crippen LogP contribution >= 0.6 is 0 Å². The summed E-state index contributed by atoms with van der Waals surface area (Å²) in [4.78, 5) is 11.9. The first-order chi connectivity index (χ1) is 16.9. The molecule has 0 radical (unpaired) electrons. The number of hydrogen-bond donors (Lipinski definition) is 1. The molecule has 4 rings (SSSR count). The van der Waals surface area contributed by atoms with Gasteiger partial charge >= 0.3 is 5.97 Å². The van der Waals surface area contributed by atoms with Crippen molar-refractivity contribution >= 4 is 16.7 Å². The summed E-state index contributed by atoms with van der Waals surface area (Å²) < 4.78 is 11.0. The number of fused-ring (bicyclic) bond motifs is 1. The number of hydrogen-bond acceptors (Lipinski definition) is 4.